The minimum atomic E-state index is 1.05. The normalized spacial score (nSPS) is 12.3. The van der Waals surface area contributed by atoms with Crippen molar-refractivity contribution >= 4 is 81.7 Å². The number of nitrogens with two attached hydrogens (primary N) is 1. The molecule has 5 aromatic carbocycles. The minimum Gasteiger partial charge on any atom is -0.452 e. The van der Waals surface area contributed by atoms with Gasteiger partial charge in [-0.15, -0.1) is 0 Å². The van der Waals surface area contributed by atoms with E-state index in [2.05, 4.69) is 105 Å². The molecule has 2 heterocycles. The number of hydrogen-bond donors (Lipinski definition) is 1. The van der Waals surface area contributed by atoms with Gasteiger partial charge in [-0.2, -0.15) is 0 Å². The zero-order chi connectivity index (χ0) is 20.0. The Morgan fingerprint density at radius 2 is 1.30 bits per heavy atom. The van der Waals surface area contributed by atoms with Crippen LogP contribution in [-0.4, -0.2) is 24.7 Å². The van der Waals surface area contributed by atoms with E-state index in [1.165, 1.54) is 48.6 Å². The molecular weight excluding hydrogens is 381 g/mol. The lowest BCUT2D eigenvalue weighted by atomic mass is 9.99. The molecule has 0 bridgehead atoms. The first-order valence-corrected chi connectivity index (χ1v) is 10.6. The maximum absolute atomic E-state index is 6.61. The molecule has 0 aliphatic heterocycles. The van der Waals surface area contributed by atoms with Crippen molar-refractivity contribution in [1.82, 2.24) is 8.23 Å². The lowest BCUT2D eigenvalue weighted by molar-refractivity contribution is 1.12. The van der Waals surface area contributed by atoms with E-state index in [1.807, 2.05) is 4.68 Å². The second-order valence-electron chi connectivity index (χ2n) is 8.02. The highest BCUT2D eigenvalue weighted by atomic mass is 27.1. The number of para-hydroxylation sites is 1. The Kier molecular flexibility index (Phi) is 3.04. The molecule has 2 N–H and O–H groups in total. The van der Waals surface area contributed by atoms with Gasteiger partial charge in [0.05, 0.1) is 11.0 Å². The first kappa shape index (κ1) is 16.4. The van der Waals surface area contributed by atoms with Crippen molar-refractivity contribution in [2.75, 3.05) is 5.84 Å². The summed E-state index contributed by atoms with van der Waals surface area (Å²) in [6.45, 7) is 0. The van der Waals surface area contributed by atoms with E-state index in [0.29, 0.717) is 0 Å². The smallest absolute Gasteiger partial charge is 0.318 e. The molecule has 0 aliphatic rings. The van der Waals surface area contributed by atoms with Gasteiger partial charge in [-0.3, -0.25) is 4.68 Å². The fraction of sp³-hybridized carbons (Fsp3) is 0. The number of rotatable bonds is 0. The molecule has 30 heavy (non-hydrogen) atoms. The van der Waals surface area contributed by atoms with Crippen molar-refractivity contribution in [3.63, 3.8) is 0 Å². The first-order valence-electron chi connectivity index (χ1n) is 10.0. The lowest BCUT2D eigenvalue weighted by Crippen LogP contribution is -2.06. The molecule has 0 atom stereocenters. The van der Waals surface area contributed by atoms with E-state index < -0.39 is 0 Å². The summed E-state index contributed by atoms with van der Waals surface area (Å²) in [4.78, 5) is 0. The highest BCUT2D eigenvalue weighted by Gasteiger charge is 2.16. The van der Waals surface area contributed by atoms with Crippen molar-refractivity contribution in [3.8, 4) is 0 Å². The number of nitrogen functional groups attached to an aromatic ring is 1. The van der Waals surface area contributed by atoms with Crippen molar-refractivity contribution < 1.29 is 0 Å². The Morgan fingerprint density at radius 1 is 0.533 bits per heavy atom. The van der Waals surface area contributed by atoms with Gasteiger partial charge in [-0.25, -0.2) is 0 Å². The van der Waals surface area contributed by atoms with Crippen LogP contribution in [0.3, 0.4) is 0 Å². The predicted octanol–water partition coefficient (Wildman–Crippen LogP) is 5.85. The number of aromatic nitrogens is 2. The zero-order valence-corrected chi connectivity index (χ0v) is 17.3. The summed E-state index contributed by atoms with van der Waals surface area (Å²) in [5.41, 5.74) is 4.47. The monoisotopic (exact) mass is 397 g/mol. The van der Waals surface area contributed by atoms with Crippen LogP contribution in [0.15, 0.2) is 84.9 Å². The number of benzene rings is 5. The van der Waals surface area contributed by atoms with Crippen LogP contribution in [0.25, 0.3) is 65.2 Å². The summed E-state index contributed by atoms with van der Waals surface area (Å²) in [6, 6.07) is 30.5. The maximum Gasteiger partial charge on any atom is 0.318 e. The number of hydrogen-bond acceptors (Lipinski definition) is 1. The van der Waals surface area contributed by atoms with Crippen LogP contribution in [0.4, 0.5) is 0 Å². The van der Waals surface area contributed by atoms with Crippen molar-refractivity contribution in [3.05, 3.63) is 84.9 Å². The SMILES string of the molecule is Nn1c2cc3c(cc2c2c4cc5ccccc5cc4ccc21)c1ccccc1[n]3[Al]. The van der Waals surface area contributed by atoms with Gasteiger partial charge < -0.3 is 9.39 Å². The fourth-order valence-corrected chi connectivity index (χ4v) is 5.49. The summed E-state index contributed by atoms with van der Waals surface area (Å²) in [5, 5.41) is 9.91. The largest absolute Gasteiger partial charge is 0.452 e. The molecule has 138 valence electrons. The number of nitrogens with zero attached hydrogens (tertiary/aromatic N) is 2. The van der Waals surface area contributed by atoms with Crippen molar-refractivity contribution in [1.29, 1.82) is 0 Å². The highest BCUT2D eigenvalue weighted by molar-refractivity contribution is 6.28. The van der Waals surface area contributed by atoms with Gasteiger partial charge in [0.15, 0.2) is 0 Å². The second-order valence-corrected chi connectivity index (χ2v) is 8.54. The van der Waals surface area contributed by atoms with Gasteiger partial charge in [0, 0.05) is 32.6 Å². The molecule has 0 saturated carbocycles. The number of fused-ring (bicyclic) bond motifs is 9. The van der Waals surface area contributed by atoms with Crippen molar-refractivity contribution in [2.45, 2.75) is 0 Å². The summed E-state index contributed by atoms with van der Waals surface area (Å²) in [5.74, 6) is 6.61. The third-order valence-electron chi connectivity index (χ3n) is 6.48. The molecule has 2 aromatic heterocycles. The quantitative estimate of drug-likeness (QED) is 0.194. The van der Waals surface area contributed by atoms with Gasteiger partial charge in [0.25, 0.3) is 0 Å². The fourth-order valence-electron chi connectivity index (χ4n) is 5.05. The molecule has 2 radical (unpaired) electrons. The molecule has 7 aromatic rings. The van der Waals surface area contributed by atoms with Crippen LogP contribution in [0.1, 0.15) is 0 Å². The highest BCUT2D eigenvalue weighted by Crippen LogP contribution is 2.39. The summed E-state index contributed by atoms with van der Waals surface area (Å²) in [7, 11) is 0. The van der Waals surface area contributed by atoms with E-state index in [1.54, 1.807) is 0 Å². The molecule has 0 fully saturated rings. The second kappa shape index (κ2) is 5.58. The Labute approximate surface area is 180 Å². The Morgan fingerprint density at radius 3 is 2.17 bits per heavy atom. The van der Waals surface area contributed by atoms with Gasteiger partial charge >= 0.3 is 16.5 Å². The zero-order valence-electron chi connectivity index (χ0n) is 16.1. The van der Waals surface area contributed by atoms with Crippen LogP contribution < -0.4 is 5.84 Å². The van der Waals surface area contributed by atoms with Gasteiger partial charge in [0.1, 0.15) is 0 Å². The summed E-state index contributed by atoms with van der Waals surface area (Å²) < 4.78 is 4.01. The Bertz CT molecular complexity index is 1820. The van der Waals surface area contributed by atoms with Crippen molar-refractivity contribution in [2.24, 2.45) is 0 Å². The molecule has 7 rings (SSSR count). The molecule has 0 unspecified atom stereocenters. The first-order chi connectivity index (χ1) is 14.7. The molecule has 0 aliphatic carbocycles. The van der Waals surface area contributed by atoms with E-state index >= 15 is 0 Å². The minimum absolute atomic E-state index is 1.05. The lowest BCUT2D eigenvalue weighted by Gasteiger charge is -2.05. The van der Waals surface area contributed by atoms with Crippen LogP contribution in [-0.2, 0) is 0 Å². The molecule has 0 amide bonds. The summed E-state index contributed by atoms with van der Waals surface area (Å²) >= 11 is 2.84. The van der Waals surface area contributed by atoms with E-state index in [-0.39, 0.29) is 0 Å². The average molecular weight is 397 g/mol. The van der Waals surface area contributed by atoms with Crippen LogP contribution in [0.2, 0.25) is 0 Å². The predicted molar refractivity (Wildman–Crippen MR) is 129 cm³/mol. The van der Waals surface area contributed by atoms with Crippen LogP contribution in [0, 0.1) is 0 Å². The third-order valence-corrected chi connectivity index (χ3v) is 7.04. The van der Waals surface area contributed by atoms with Gasteiger partial charge in [0.2, 0.25) is 0 Å². The van der Waals surface area contributed by atoms with E-state index in [0.717, 1.165) is 16.6 Å². The topological polar surface area (TPSA) is 35.9 Å². The van der Waals surface area contributed by atoms with Crippen LogP contribution >= 0.6 is 0 Å². The van der Waals surface area contributed by atoms with E-state index in [4.69, 9.17) is 5.84 Å². The average Bonchev–Trinajstić information content (AvgIpc) is 3.23. The Hall–Kier alpha value is -3.45. The van der Waals surface area contributed by atoms with E-state index in [9.17, 15) is 0 Å². The summed E-state index contributed by atoms with van der Waals surface area (Å²) in [6.07, 6.45) is 0. The van der Waals surface area contributed by atoms with Crippen LogP contribution in [0.5, 0.6) is 0 Å². The van der Waals surface area contributed by atoms with Gasteiger partial charge in [-0.05, 0) is 57.9 Å². The molecule has 3 nitrogen and oxygen atoms in total. The van der Waals surface area contributed by atoms with Gasteiger partial charge in [-0.1, -0.05) is 48.5 Å². The molecule has 0 saturated heterocycles. The molecule has 4 heteroatoms. The molecule has 0 spiro atoms. The Balaban J connectivity index is 1.74. The maximum atomic E-state index is 6.61. The standard InChI is InChI=1S/C26H16N3.Al/c27-29-24-10-9-17-11-15-5-1-2-6-16(15)12-19(17)26(24)21-13-20-18-7-3-4-8-22(18)28-23(20)14-25(21)29;/h1-14H,27H2;/q-1;+1. The molecular formula is C26H16AlN3. The third kappa shape index (κ3) is 1.95.